The summed E-state index contributed by atoms with van der Waals surface area (Å²) in [6.07, 6.45) is 2.32. The molecule has 0 spiro atoms. The number of aromatic amines is 1. The summed E-state index contributed by atoms with van der Waals surface area (Å²) in [5.41, 5.74) is 6.53. The maximum atomic E-state index is 12.8. The van der Waals surface area contributed by atoms with Crippen molar-refractivity contribution < 1.29 is 29.4 Å². The third-order valence-electron chi connectivity index (χ3n) is 4.99. The van der Waals surface area contributed by atoms with Gasteiger partial charge in [0.25, 0.3) is 0 Å². The van der Waals surface area contributed by atoms with Gasteiger partial charge in [0, 0.05) is 24.1 Å². The van der Waals surface area contributed by atoms with Gasteiger partial charge in [-0.1, -0.05) is 20.3 Å². The number of H-pyrrole nitrogens is 1. The van der Waals surface area contributed by atoms with Gasteiger partial charge in [0.05, 0.1) is 18.5 Å². The minimum Gasteiger partial charge on any atom is -0.480 e. The fourth-order valence-corrected chi connectivity index (χ4v) is 3.04. The molecule has 3 amide bonds. The van der Waals surface area contributed by atoms with E-state index in [1.54, 1.807) is 13.8 Å². The largest absolute Gasteiger partial charge is 0.480 e. The number of carboxylic acid groups (broad SMARTS) is 1. The molecule has 1 aromatic heterocycles. The molecule has 0 radical (unpaired) electrons. The number of hydrogen-bond donors (Lipinski definition) is 8. The fraction of sp³-hybridized carbons (Fsp3) is 0.632. The molecule has 6 atom stereocenters. The number of nitrogens with zero attached hydrogens (tertiary/aromatic N) is 1. The van der Waals surface area contributed by atoms with Crippen molar-refractivity contribution in [2.75, 3.05) is 5.75 Å². The fourth-order valence-electron chi connectivity index (χ4n) is 2.79. The third-order valence-corrected chi connectivity index (χ3v) is 5.35. The van der Waals surface area contributed by atoms with E-state index in [1.165, 1.54) is 19.4 Å². The molecule has 12 nitrogen and oxygen atoms in total. The Morgan fingerprint density at radius 1 is 1.12 bits per heavy atom. The number of amides is 3. The van der Waals surface area contributed by atoms with Gasteiger partial charge < -0.3 is 36.9 Å². The lowest BCUT2D eigenvalue weighted by Gasteiger charge is -2.28. The lowest BCUT2D eigenvalue weighted by Crippen LogP contribution is -2.60. The highest BCUT2D eigenvalue weighted by Crippen LogP contribution is 2.10. The molecule has 32 heavy (non-hydrogen) atoms. The number of nitrogens with one attached hydrogen (secondary N) is 4. The molecule has 8 N–H and O–H groups in total. The molecule has 6 unspecified atom stereocenters. The van der Waals surface area contributed by atoms with Crippen LogP contribution in [-0.2, 0) is 25.6 Å². The molecule has 13 heteroatoms. The van der Waals surface area contributed by atoms with Gasteiger partial charge in [-0.3, -0.25) is 14.4 Å². The Hall–Kier alpha value is -2.64. The highest BCUT2D eigenvalue weighted by atomic mass is 32.1. The highest BCUT2D eigenvalue weighted by Gasteiger charge is 2.33. The second kappa shape index (κ2) is 13.0. The van der Waals surface area contributed by atoms with Crippen LogP contribution in [0.1, 0.15) is 32.9 Å². The monoisotopic (exact) mass is 472 g/mol. The molecule has 1 heterocycles. The number of aliphatic carboxylic acids is 1. The van der Waals surface area contributed by atoms with Gasteiger partial charge in [0.2, 0.25) is 17.7 Å². The Morgan fingerprint density at radius 2 is 1.75 bits per heavy atom. The normalized spacial score (nSPS) is 16.7. The maximum absolute atomic E-state index is 12.8. The van der Waals surface area contributed by atoms with E-state index in [0.29, 0.717) is 12.1 Å². The Balaban J connectivity index is 2.84. The van der Waals surface area contributed by atoms with Gasteiger partial charge in [-0.05, 0) is 12.8 Å². The number of hydrogen-bond acceptors (Lipinski definition) is 8. The molecule has 0 aliphatic carbocycles. The average molecular weight is 473 g/mol. The van der Waals surface area contributed by atoms with E-state index in [-0.39, 0.29) is 18.1 Å². The molecule has 0 aliphatic heterocycles. The van der Waals surface area contributed by atoms with E-state index >= 15 is 0 Å². The van der Waals surface area contributed by atoms with Gasteiger partial charge in [0.15, 0.2) is 6.04 Å². The first kappa shape index (κ1) is 27.4. The Bertz CT molecular complexity index is 774. The van der Waals surface area contributed by atoms with E-state index in [1.807, 2.05) is 0 Å². The summed E-state index contributed by atoms with van der Waals surface area (Å²) >= 11 is 4.10. The number of aliphatic hydroxyl groups excluding tert-OH is 1. The van der Waals surface area contributed by atoms with Gasteiger partial charge in [-0.15, -0.1) is 0 Å². The first-order chi connectivity index (χ1) is 15.0. The first-order valence-electron chi connectivity index (χ1n) is 10.2. The van der Waals surface area contributed by atoms with Gasteiger partial charge in [-0.2, -0.15) is 12.6 Å². The number of imidazole rings is 1. The molecule has 180 valence electrons. The summed E-state index contributed by atoms with van der Waals surface area (Å²) in [5, 5.41) is 26.1. The Morgan fingerprint density at radius 3 is 2.22 bits per heavy atom. The molecule has 0 saturated carbocycles. The number of aromatic nitrogens is 2. The van der Waals surface area contributed by atoms with Crippen molar-refractivity contribution in [1.29, 1.82) is 0 Å². The molecule has 1 aromatic rings. The van der Waals surface area contributed by atoms with Crippen LogP contribution in [0.15, 0.2) is 12.5 Å². The molecule has 1 rings (SSSR count). The average Bonchev–Trinajstić information content (AvgIpc) is 3.25. The second-order valence-corrected chi connectivity index (χ2v) is 7.93. The standard InChI is InChI=1S/C19H32N6O6S/c1-4-9(2)14(18(29)25-15(10(3)26)19(30)31)24-17(28)13(7-32)23-16(27)12(20)5-11-6-21-8-22-11/h6,8-10,12-15,26,32H,4-5,7,20H2,1-3H3,(H,21,22)(H,23,27)(H,24,28)(H,25,29)(H,30,31). The van der Waals surface area contributed by atoms with Gasteiger partial charge in [0.1, 0.15) is 12.1 Å². The molecule has 0 aliphatic rings. The van der Waals surface area contributed by atoms with Crippen molar-refractivity contribution in [1.82, 2.24) is 25.9 Å². The number of thiol groups is 1. The van der Waals surface area contributed by atoms with Crippen LogP contribution in [0.2, 0.25) is 0 Å². The predicted molar refractivity (Wildman–Crippen MR) is 119 cm³/mol. The van der Waals surface area contributed by atoms with Crippen LogP contribution in [-0.4, -0.2) is 79.9 Å². The van der Waals surface area contributed by atoms with Gasteiger partial charge in [-0.25, -0.2) is 9.78 Å². The minimum absolute atomic E-state index is 0.0609. The van der Waals surface area contributed by atoms with E-state index in [0.717, 1.165) is 0 Å². The second-order valence-electron chi connectivity index (χ2n) is 7.57. The van der Waals surface area contributed by atoms with Crippen LogP contribution >= 0.6 is 12.6 Å². The number of carbonyl (C=O) groups is 4. The van der Waals surface area contributed by atoms with Crippen LogP contribution < -0.4 is 21.7 Å². The van der Waals surface area contributed by atoms with Crippen molar-refractivity contribution in [3.8, 4) is 0 Å². The van der Waals surface area contributed by atoms with Crippen LogP contribution in [0.5, 0.6) is 0 Å². The Labute approximate surface area is 191 Å². The van der Waals surface area contributed by atoms with Gasteiger partial charge >= 0.3 is 5.97 Å². The van der Waals surface area contributed by atoms with E-state index in [4.69, 9.17) is 5.73 Å². The van der Waals surface area contributed by atoms with Crippen molar-refractivity contribution in [2.45, 2.75) is 63.9 Å². The number of carboxylic acids is 1. The predicted octanol–water partition coefficient (Wildman–Crippen LogP) is -1.82. The zero-order valence-electron chi connectivity index (χ0n) is 18.2. The zero-order valence-corrected chi connectivity index (χ0v) is 19.1. The molecular formula is C19H32N6O6S. The first-order valence-corrected chi connectivity index (χ1v) is 10.8. The summed E-state index contributed by atoms with van der Waals surface area (Å²) in [6.45, 7) is 4.74. The smallest absolute Gasteiger partial charge is 0.328 e. The molecular weight excluding hydrogens is 440 g/mol. The summed E-state index contributed by atoms with van der Waals surface area (Å²) in [4.78, 5) is 55.8. The third kappa shape index (κ3) is 8.13. The molecule has 0 saturated heterocycles. The number of carbonyl (C=O) groups excluding carboxylic acids is 3. The van der Waals surface area contributed by atoms with E-state index < -0.39 is 54.0 Å². The zero-order chi connectivity index (χ0) is 24.4. The van der Waals surface area contributed by atoms with Crippen molar-refractivity contribution in [2.24, 2.45) is 11.7 Å². The number of aliphatic hydroxyl groups is 1. The van der Waals surface area contributed by atoms with Crippen molar-refractivity contribution in [3.63, 3.8) is 0 Å². The lowest BCUT2D eigenvalue weighted by molar-refractivity contribution is -0.145. The van der Waals surface area contributed by atoms with Crippen LogP contribution in [0.4, 0.5) is 0 Å². The quantitative estimate of drug-likeness (QED) is 0.153. The minimum atomic E-state index is -1.54. The lowest BCUT2D eigenvalue weighted by atomic mass is 9.97. The Kier molecular flexibility index (Phi) is 11.2. The molecule has 0 fully saturated rings. The summed E-state index contributed by atoms with van der Waals surface area (Å²) in [6, 6.07) is -4.65. The number of nitrogens with two attached hydrogens (primary N) is 1. The maximum Gasteiger partial charge on any atom is 0.328 e. The van der Waals surface area contributed by atoms with Crippen molar-refractivity contribution in [3.05, 3.63) is 18.2 Å². The topological polar surface area (TPSA) is 200 Å². The SMILES string of the molecule is CCC(C)C(NC(=O)C(CS)NC(=O)C(N)Cc1cnc[nH]1)C(=O)NC(C(=O)O)C(C)O. The number of rotatable bonds is 13. The summed E-state index contributed by atoms with van der Waals surface area (Å²) in [5.74, 6) is -3.85. The summed E-state index contributed by atoms with van der Waals surface area (Å²) in [7, 11) is 0. The summed E-state index contributed by atoms with van der Waals surface area (Å²) < 4.78 is 0. The van der Waals surface area contributed by atoms with Crippen molar-refractivity contribution >= 4 is 36.3 Å². The van der Waals surface area contributed by atoms with E-state index in [9.17, 15) is 29.4 Å². The van der Waals surface area contributed by atoms with E-state index in [2.05, 4.69) is 38.5 Å². The van der Waals surface area contributed by atoms with Crippen LogP contribution in [0, 0.1) is 5.92 Å². The molecule has 0 bridgehead atoms. The molecule has 0 aromatic carbocycles. The van der Waals surface area contributed by atoms with Crippen LogP contribution in [0.25, 0.3) is 0 Å². The van der Waals surface area contributed by atoms with Crippen LogP contribution in [0.3, 0.4) is 0 Å². The highest BCUT2D eigenvalue weighted by molar-refractivity contribution is 7.80.